The lowest BCUT2D eigenvalue weighted by atomic mass is 9.96. The fourth-order valence-corrected chi connectivity index (χ4v) is 1.83. The second kappa shape index (κ2) is 5.72. The van der Waals surface area contributed by atoms with Crippen molar-refractivity contribution in [3.63, 3.8) is 0 Å². The number of rotatable bonds is 4. The summed E-state index contributed by atoms with van der Waals surface area (Å²) < 4.78 is 0. The van der Waals surface area contributed by atoms with E-state index in [4.69, 9.17) is 10.9 Å². The van der Waals surface area contributed by atoms with E-state index in [2.05, 4.69) is 30.9 Å². The van der Waals surface area contributed by atoms with Gasteiger partial charge in [-0.25, -0.2) is 4.98 Å². The van der Waals surface area contributed by atoms with Crippen LogP contribution in [0.3, 0.4) is 0 Å². The van der Waals surface area contributed by atoms with Crippen molar-refractivity contribution in [2.24, 2.45) is 16.3 Å². The Hall–Kier alpha value is -2.38. The molecule has 0 unspecified atom stereocenters. The summed E-state index contributed by atoms with van der Waals surface area (Å²) in [6.07, 6.45) is 0. The number of hydrogen-bond donors (Lipinski definition) is 2. The third-order valence-corrected chi connectivity index (χ3v) is 2.51. The molecule has 0 spiro atoms. The molecule has 0 aliphatic rings. The third-order valence-electron chi connectivity index (χ3n) is 2.51. The number of nitrogens with zero attached hydrogens (tertiary/aromatic N) is 4. The molecule has 20 heavy (non-hydrogen) atoms. The van der Waals surface area contributed by atoms with Gasteiger partial charge in [-0.1, -0.05) is 25.9 Å². The molecule has 0 fully saturated rings. The maximum absolute atomic E-state index is 10.9. The highest BCUT2D eigenvalue weighted by Gasteiger charge is 2.22. The predicted octanol–water partition coefficient (Wildman–Crippen LogP) is 1.57. The minimum absolute atomic E-state index is 0.0367. The minimum Gasteiger partial charge on any atom is -0.409 e. The van der Waals surface area contributed by atoms with Gasteiger partial charge in [0.05, 0.1) is 4.92 Å². The summed E-state index contributed by atoms with van der Waals surface area (Å²) in [6.45, 7) is 6.91. The zero-order chi connectivity index (χ0) is 15.5. The van der Waals surface area contributed by atoms with Crippen LogP contribution in [-0.4, -0.2) is 34.5 Å². The van der Waals surface area contributed by atoms with Gasteiger partial charge < -0.3 is 15.8 Å². The van der Waals surface area contributed by atoms with E-state index in [9.17, 15) is 10.1 Å². The monoisotopic (exact) mass is 281 g/mol. The molecule has 8 nitrogen and oxygen atoms in total. The van der Waals surface area contributed by atoms with Gasteiger partial charge in [0.25, 0.3) is 5.69 Å². The van der Waals surface area contributed by atoms with E-state index in [1.54, 1.807) is 0 Å². The summed E-state index contributed by atoms with van der Waals surface area (Å²) in [5, 5.41) is 22.4. The van der Waals surface area contributed by atoms with Gasteiger partial charge in [0, 0.05) is 19.7 Å². The maximum Gasteiger partial charge on any atom is 0.298 e. The molecule has 0 aliphatic carbocycles. The van der Waals surface area contributed by atoms with Crippen LogP contribution in [0.15, 0.2) is 17.3 Å². The quantitative estimate of drug-likeness (QED) is 0.284. The Kier molecular flexibility index (Phi) is 4.49. The Labute approximate surface area is 117 Å². The molecular formula is C12H19N5O3. The van der Waals surface area contributed by atoms with Crippen LogP contribution in [0, 0.1) is 15.5 Å². The molecule has 0 aromatic carbocycles. The topological polar surface area (TPSA) is 118 Å². The molecule has 0 bridgehead atoms. The summed E-state index contributed by atoms with van der Waals surface area (Å²) in [7, 11) is 1.83. The molecule has 3 N–H and O–H groups in total. The maximum atomic E-state index is 10.9. The van der Waals surface area contributed by atoms with Crippen molar-refractivity contribution >= 4 is 17.3 Å². The van der Waals surface area contributed by atoms with Crippen LogP contribution < -0.4 is 10.6 Å². The molecule has 0 aliphatic heterocycles. The number of nitrogens with two attached hydrogens (primary N) is 1. The van der Waals surface area contributed by atoms with Crippen LogP contribution >= 0.6 is 0 Å². The first-order valence-electron chi connectivity index (χ1n) is 6.00. The van der Waals surface area contributed by atoms with Crippen molar-refractivity contribution in [3.05, 3.63) is 27.9 Å². The van der Waals surface area contributed by atoms with E-state index in [1.807, 2.05) is 11.9 Å². The van der Waals surface area contributed by atoms with Gasteiger partial charge in [0.1, 0.15) is 5.82 Å². The SMILES string of the molecule is CN(CC(C)(C)C)c1ccc([N+](=O)[O-])c(/C(N)=N/O)n1. The highest BCUT2D eigenvalue weighted by molar-refractivity contribution is 5.99. The molecule has 0 saturated heterocycles. The molecule has 0 radical (unpaired) electrons. The molecule has 1 aromatic heterocycles. The van der Waals surface area contributed by atoms with Crippen LogP contribution in [0.1, 0.15) is 26.5 Å². The van der Waals surface area contributed by atoms with Gasteiger partial charge in [0.15, 0.2) is 11.5 Å². The highest BCUT2D eigenvalue weighted by Crippen LogP contribution is 2.23. The van der Waals surface area contributed by atoms with Crippen molar-refractivity contribution in [3.8, 4) is 0 Å². The van der Waals surface area contributed by atoms with Gasteiger partial charge in [0.2, 0.25) is 0 Å². The number of anilines is 1. The second-order valence-corrected chi connectivity index (χ2v) is 5.70. The van der Waals surface area contributed by atoms with Crippen molar-refractivity contribution in [2.75, 3.05) is 18.5 Å². The first-order valence-corrected chi connectivity index (χ1v) is 6.00. The predicted molar refractivity (Wildman–Crippen MR) is 76.1 cm³/mol. The highest BCUT2D eigenvalue weighted by atomic mass is 16.6. The number of aromatic nitrogens is 1. The molecule has 1 aromatic rings. The lowest BCUT2D eigenvalue weighted by Gasteiger charge is -2.27. The fourth-order valence-electron chi connectivity index (χ4n) is 1.83. The molecular weight excluding hydrogens is 262 g/mol. The van der Waals surface area contributed by atoms with Crippen LogP contribution in [0.25, 0.3) is 0 Å². The number of hydrogen-bond acceptors (Lipinski definition) is 6. The number of amidine groups is 1. The number of oxime groups is 1. The lowest BCUT2D eigenvalue weighted by molar-refractivity contribution is -0.385. The van der Waals surface area contributed by atoms with E-state index in [0.29, 0.717) is 12.4 Å². The Morgan fingerprint density at radius 3 is 2.60 bits per heavy atom. The van der Waals surface area contributed by atoms with Crippen molar-refractivity contribution in [2.45, 2.75) is 20.8 Å². The van der Waals surface area contributed by atoms with Crippen molar-refractivity contribution in [1.29, 1.82) is 0 Å². The zero-order valence-electron chi connectivity index (χ0n) is 12.0. The Bertz CT molecular complexity index is 536. The zero-order valence-corrected chi connectivity index (χ0v) is 12.0. The smallest absolute Gasteiger partial charge is 0.298 e. The van der Waals surface area contributed by atoms with Gasteiger partial charge in [-0.15, -0.1) is 0 Å². The molecule has 0 atom stereocenters. The number of pyridine rings is 1. The molecule has 8 heteroatoms. The van der Waals surface area contributed by atoms with E-state index in [0.717, 1.165) is 0 Å². The standard InChI is InChI=1S/C12H19N5O3/c1-12(2,3)7-16(4)9-6-5-8(17(19)20)10(14-9)11(13)15-18/h5-6,18H,7H2,1-4H3,(H2,13,15). The second-order valence-electron chi connectivity index (χ2n) is 5.70. The van der Waals surface area contributed by atoms with Gasteiger partial charge in [-0.3, -0.25) is 10.1 Å². The van der Waals surface area contributed by atoms with Gasteiger partial charge in [-0.05, 0) is 11.5 Å². The number of nitro groups is 1. The van der Waals surface area contributed by atoms with E-state index in [-0.39, 0.29) is 22.6 Å². The van der Waals surface area contributed by atoms with E-state index in [1.165, 1.54) is 12.1 Å². The largest absolute Gasteiger partial charge is 0.409 e. The van der Waals surface area contributed by atoms with Crippen molar-refractivity contribution in [1.82, 2.24) is 4.98 Å². The minimum atomic E-state index is -0.617. The molecule has 110 valence electrons. The van der Waals surface area contributed by atoms with Crippen LogP contribution in [0.4, 0.5) is 11.5 Å². The lowest BCUT2D eigenvalue weighted by Crippen LogP contribution is -2.30. The van der Waals surface area contributed by atoms with E-state index < -0.39 is 4.92 Å². The summed E-state index contributed by atoms with van der Waals surface area (Å²) in [4.78, 5) is 16.3. The summed E-state index contributed by atoms with van der Waals surface area (Å²) in [5.41, 5.74) is 5.04. The molecule has 1 heterocycles. The summed E-state index contributed by atoms with van der Waals surface area (Å²) in [5.74, 6) is 0.134. The third kappa shape index (κ3) is 3.81. The van der Waals surface area contributed by atoms with Crippen LogP contribution in [0.2, 0.25) is 0 Å². The summed E-state index contributed by atoms with van der Waals surface area (Å²) >= 11 is 0. The average molecular weight is 281 g/mol. The fraction of sp³-hybridized carbons (Fsp3) is 0.500. The normalized spacial score (nSPS) is 12.3. The van der Waals surface area contributed by atoms with Gasteiger partial charge in [-0.2, -0.15) is 0 Å². The average Bonchev–Trinajstić information content (AvgIpc) is 2.34. The first-order chi connectivity index (χ1) is 9.15. The van der Waals surface area contributed by atoms with Gasteiger partial charge >= 0.3 is 0 Å². The Morgan fingerprint density at radius 1 is 1.55 bits per heavy atom. The van der Waals surface area contributed by atoms with Crippen molar-refractivity contribution < 1.29 is 10.1 Å². The summed E-state index contributed by atoms with van der Waals surface area (Å²) in [6, 6.07) is 2.84. The molecule has 0 amide bonds. The molecule has 0 saturated carbocycles. The first kappa shape index (κ1) is 15.7. The molecule has 1 rings (SSSR count). The van der Waals surface area contributed by atoms with E-state index >= 15 is 0 Å². The Morgan fingerprint density at radius 2 is 2.15 bits per heavy atom. The Balaban J connectivity index is 3.22. The van der Waals surface area contributed by atoms with Crippen LogP contribution in [0.5, 0.6) is 0 Å². The van der Waals surface area contributed by atoms with Crippen LogP contribution in [-0.2, 0) is 0 Å².